The number of halogens is 2. The minimum absolute atomic E-state index is 0.141. The molecule has 1 N–H and O–H groups in total. The summed E-state index contributed by atoms with van der Waals surface area (Å²) in [7, 11) is 0. The standard InChI is InChI=1S/C22H22ClFN4O4S/c1-2-32-22(30)18-17(10-28-6-7-31-12-14(28)11-29)26-20(21-25-5-8-33-21)27-19(18)15-4-3-13(24)9-16(15)23/h3-5,8-9,11,14,19H,2,6-7,10,12H2,1H3,(H,26,27)/t14?,19-/m0/s1. The van der Waals surface area contributed by atoms with E-state index in [-0.39, 0.29) is 30.4 Å². The number of nitrogens with zero attached hydrogens (tertiary/aromatic N) is 3. The van der Waals surface area contributed by atoms with Gasteiger partial charge in [0.05, 0.1) is 31.4 Å². The van der Waals surface area contributed by atoms with Crippen LogP contribution in [0.5, 0.6) is 0 Å². The van der Waals surface area contributed by atoms with E-state index in [4.69, 9.17) is 26.1 Å². The highest BCUT2D eigenvalue weighted by Crippen LogP contribution is 2.37. The topological polar surface area (TPSA) is 93.1 Å². The third-order valence-electron chi connectivity index (χ3n) is 5.31. The molecule has 174 valence electrons. The van der Waals surface area contributed by atoms with Crippen molar-refractivity contribution < 1.29 is 23.5 Å². The van der Waals surface area contributed by atoms with Gasteiger partial charge in [0.25, 0.3) is 0 Å². The maximum atomic E-state index is 13.8. The van der Waals surface area contributed by atoms with Crippen LogP contribution in [0.15, 0.2) is 46.0 Å². The lowest BCUT2D eigenvalue weighted by atomic mass is 9.95. The van der Waals surface area contributed by atoms with E-state index in [9.17, 15) is 14.0 Å². The molecule has 1 aromatic heterocycles. The Morgan fingerprint density at radius 2 is 2.33 bits per heavy atom. The largest absolute Gasteiger partial charge is 0.463 e. The molecular weight excluding hydrogens is 471 g/mol. The molecule has 33 heavy (non-hydrogen) atoms. The number of hydrogen-bond donors (Lipinski definition) is 1. The number of thiazole rings is 1. The maximum absolute atomic E-state index is 13.8. The van der Waals surface area contributed by atoms with Crippen molar-refractivity contribution >= 4 is 41.0 Å². The molecule has 2 atom stereocenters. The Kier molecular flexibility index (Phi) is 7.49. The van der Waals surface area contributed by atoms with Crippen LogP contribution < -0.4 is 5.32 Å². The maximum Gasteiger partial charge on any atom is 0.338 e. The van der Waals surface area contributed by atoms with Crippen molar-refractivity contribution in [1.82, 2.24) is 15.2 Å². The molecule has 1 unspecified atom stereocenters. The summed E-state index contributed by atoms with van der Waals surface area (Å²) >= 11 is 7.76. The number of morpholine rings is 1. The van der Waals surface area contributed by atoms with Crippen LogP contribution in [0, 0.1) is 5.82 Å². The fourth-order valence-electron chi connectivity index (χ4n) is 3.75. The van der Waals surface area contributed by atoms with Crippen LogP contribution in [-0.4, -0.2) is 66.9 Å². The van der Waals surface area contributed by atoms with Gasteiger partial charge < -0.3 is 19.6 Å². The molecule has 0 saturated carbocycles. The van der Waals surface area contributed by atoms with E-state index in [2.05, 4.69) is 10.3 Å². The lowest BCUT2D eigenvalue weighted by molar-refractivity contribution is -0.139. The van der Waals surface area contributed by atoms with E-state index in [1.54, 1.807) is 13.1 Å². The molecule has 2 aliphatic rings. The summed E-state index contributed by atoms with van der Waals surface area (Å²) in [6.45, 7) is 3.37. The number of rotatable bonds is 7. The zero-order valence-electron chi connectivity index (χ0n) is 17.8. The minimum Gasteiger partial charge on any atom is -0.463 e. The van der Waals surface area contributed by atoms with Gasteiger partial charge in [0.2, 0.25) is 0 Å². The number of aliphatic imine (C=N–C) groups is 1. The second-order valence-corrected chi connectivity index (χ2v) is 8.67. The quantitative estimate of drug-likeness (QED) is 0.469. The second-order valence-electron chi connectivity index (χ2n) is 7.37. The number of carbonyl (C=O) groups is 2. The third kappa shape index (κ3) is 5.14. The fraction of sp³-hybridized carbons (Fsp3) is 0.364. The average Bonchev–Trinajstić information content (AvgIpc) is 3.34. The van der Waals surface area contributed by atoms with Crippen LogP contribution in [-0.2, 0) is 19.1 Å². The molecule has 2 aliphatic heterocycles. The number of benzene rings is 1. The van der Waals surface area contributed by atoms with Gasteiger partial charge in [-0.3, -0.25) is 9.89 Å². The molecule has 4 rings (SSSR count). The number of aromatic nitrogens is 1. The highest BCUT2D eigenvalue weighted by atomic mass is 35.5. The van der Waals surface area contributed by atoms with Crippen molar-refractivity contribution in [3.63, 3.8) is 0 Å². The molecular formula is C22H22ClFN4O4S. The van der Waals surface area contributed by atoms with Gasteiger partial charge >= 0.3 is 5.97 Å². The summed E-state index contributed by atoms with van der Waals surface area (Å²) in [6, 6.07) is 2.67. The molecule has 0 amide bonds. The predicted molar refractivity (Wildman–Crippen MR) is 122 cm³/mol. The Morgan fingerprint density at radius 3 is 3.03 bits per heavy atom. The van der Waals surface area contributed by atoms with Crippen LogP contribution >= 0.6 is 22.9 Å². The number of nitrogens with one attached hydrogen (secondary N) is 1. The van der Waals surface area contributed by atoms with Gasteiger partial charge in [0, 0.05) is 40.9 Å². The second kappa shape index (κ2) is 10.5. The number of hydrogen-bond acceptors (Lipinski definition) is 9. The van der Waals surface area contributed by atoms with Crippen molar-refractivity contribution in [2.45, 2.75) is 19.0 Å². The SMILES string of the molecule is CCOC(=O)C1=C(CN2CCOCC2C=O)NC(c2nccs2)=N[C@H]1c1ccc(F)cc1Cl. The van der Waals surface area contributed by atoms with E-state index in [1.807, 2.05) is 10.3 Å². The lowest BCUT2D eigenvalue weighted by Crippen LogP contribution is -2.49. The monoisotopic (exact) mass is 492 g/mol. The lowest BCUT2D eigenvalue weighted by Gasteiger charge is -2.35. The number of aldehydes is 1. The first kappa shape index (κ1) is 23.5. The summed E-state index contributed by atoms with van der Waals surface area (Å²) in [5.74, 6) is -0.608. The van der Waals surface area contributed by atoms with Gasteiger partial charge in [-0.2, -0.15) is 0 Å². The van der Waals surface area contributed by atoms with Crippen molar-refractivity contribution in [3.8, 4) is 0 Å². The highest BCUT2D eigenvalue weighted by molar-refractivity contribution is 7.11. The van der Waals surface area contributed by atoms with E-state index in [1.165, 1.54) is 29.5 Å². The highest BCUT2D eigenvalue weighted by Gasteiger charge is 2.35. The Labute approximate surface area is 199 Å². The number of carbonyl (C=O) groups excluding carboxylic acids is 2. The summed E-state index contributed by atoms with van der Waals surface area (Å²) in [6.07, 6.45) is 2.48. The summed E-state index contributed by atoms with van der Waals surface area (Å²) in [5, 5.41) is 5.80. The van der Waals surface area contributed by atoms with Crippen LogP contribution in [0.4, 0.5) is 4.39 Å². The molecule has 0 bridgehead atoms. The smallest absolute Gasteiger partial charge is 0.338 e. The first-order valence-corrected chi connectivity index (χ1v) is 11.6. The Hall–Kier alpha value is -2.66. The molecule has 1 fully saturated rings. The molecule has 1 aromatic carbocycles. The van der Waals surface area contributed by atoms with E-state index >= 15 is 0 Å². The van der Waals surface area contributed by atoms with Gasteiger partial charge in [-0.15, -0.1) is 11.3 Å². The summed E-state index contributed by atoms with van der Waals surface area (Å²) in [4.78, 5) is 35.7. The van der Waals surface area contributed by atoms with Gasteiger partial charge in [-0.05, 0) is 19.1 Å². The Bertz CT molecular complexity index is 1090. The zero-order chi connectivity index (χ0) is 23.4. The molecule has 3 heterocycles. The van der Waals surface area contributed by atoms with Gasteiger partial charge in [0.1, 0.15) is 18.1 Å². The summed E-state index contributed by atoms with van der Waals surface area (Å²) in [5.41, 5.74) is 1.23. The minimum atomic E-state index is -0.844. The Balaban J connectivity index is 1.83. The number of ether oxygens (including phenoxy) is 2. The van der Waals surface area contributed by atoms with Crippen LogP contribution in [0.2, 0.25) is 5.02 Å². The van der Waals surface area contributed by atoms with E-state index in [0.29, 0.717) is 35.3 Å². The third-order valence-corrected chi connectivity index (χ3v) is 6.42. The van der Waals surface area contributed by atoms with Crippen molar-refractivity contribution in [2.75, 3.05) is 32.9 Å². The normalized spacial score (nSPS) is 21.4. The van der Waals surface area contributed by atoms with Crippen molar-refractivity contribution in [1.29, 1.82) is 0 Å². The van der Waals surface area contributed by atoms with E-state index < -0.39 is 23.9 Å². The van der Waals surface area contributed by atoms with Gasteiger partial charge in [-0.25, -0.2) is 14.2 Å². The van der Waals surface area contributed by atoms with Crippen molar-refractivity contribution in [2.24, 2.45) is 4.99 Å². The number of amidine groups is 1. The molecule has 0 aliphatic carbocycles. The summed E-state index contributed by atoms with van der Waals surface area (Å²) < 4.78 is 24.5. The first-order chi connectivity index (χ1) is 16.0. The van der Waals surface area contributed by atoms with E-state index in [0.717, 1.165) is 6.29 Å². The van der Waals surface area contributed by atoms with Crippen LogP contribution in [0.1, 0.15) is 23.5 Å². The molecule has 0 spiro atoms. The van der Waals surface area contributed by atoms with Crippen LogP contribution in [0.3, 0.4) is 0 Å². The molecule has 1 saturated heterocycles. The van der Waals surface area contributed by atoms with Crippen LogP contribution in [0.25, 0.3) is 0 Å². The zero-order valence-corrected chi connectivity index (χ0v) is 19.4. The molecule has 11 heteroatoms. The predicted octanol–water partition coefficient (Wildman–Crippen LogP) is 2.74. The number of esters is 1. The van der Waals surface area contributed by atoms with Crippen molar-refractivity contribution in [3.05, 3.63) is 62.5 Å². The fourth-order valence-corrected chi connectivity index (χ4v) is 4.61. The molecule has 2 aromatic rings. The van der Waals surface area contributed by atoms with Gasteiger partial charge in [0.15, 0.2) is 10.8 Å². The molecule has 0 radical (unpaired) electrons. The molecule has 8 nitrogen and oxygen atoms in total. The first-order valence-electron chi connectivity index (χ1n) is 10.4. The Morgan fingerprint density at radius 1 is 1.48 bits per heavy atom. The average molecular weight is 493 g/mol. The van der Waals surface area contributed by atoms with Gasteiger partial charge in [-0.1, -0.05) is 17.7 Å².